The molecule has 1 aliphatic carbocycles. The van der Waals surface area contributed by atoms with Crippen LogP contribution in [0.2, 0.25) is 0 Å². The molecule has 0 saturated heterocycles. The van der Waals surface area contributed by atoms with E-state index in [9.17, 15) is 0 Å². The summed E-state index contributed by atoms with van der Waals surface area (Å²) in [7, 11) is 0. The van der Waals surface area contributed by atoms with Gasteiger partial charge in [-0.25, -0.2) is 0 Å². The Labute approximate surface area is 155 Å². The van der Waals surface area contributed by atoms with Crippen molar-refractivity contribution < 1.29 is 0 Å². The minimum atomic E-state index is 0.599. The highest BCUT2D eigenvalue weighted by Gasteiger charge is 2.18. The Morgan fingerprint density at radius 1 is 0.920 bits per heavy atom. The molecule has 0 N–H and O–H groups in total. The van der Waals surface area contributed by atoms with Crippen LogP contribution in [0.5, 0.6) is 0 Å². The Morgan fingerprint density at radius 3 is 2.32 bits per heavy atom. The van der Waals surface area contributed by atoms with Gasteiger partial charge in [0.15, 0.2) is 0 Å². The standard InChI is InChI=1S/C25H32/c1-3-5-11-23-18-20-25(21-19-23)13-9-7-6-8-12-24-16-14-22(10-4-2)15-17-24/h6-7,18-22,24H,3-5,10-11,14-17H2,1-2H3/b7-6+/t22-,24-. The Hall–Kier alpha value is -1.92. The normalized spacial score (nSPS) is 19.8. The topological polar surface area (TPSA) is 0 Å². The maximum atomic E-state index is 3.41. The third kappa shape index (κ3) is 7.67. The Bertz CT molecular complexity index is 631. The van der Waals surface area contributed by atoms with Crippen LogP contribution in [0.1, 0.15) is 76.3 Å². The van der Waals surface area contributed by atoms with Crippen LogP contribution in [0.3, 0.4) is 0 Å². The molecule has 0 nitrogen and oxygen atoms in total. The lowest BCUT2D eigenvalue weighted by molar-refractivity contribution is 0.300. The van der Waals surface area contributed by atoms with Gasteiger partial charge in [0.05, 0.1) is 0 Å². The highest BCUT2D eigenvalue weighted by molar-refractivity contribution is 5.39. The fraction of sp³-hybridized carbons (Fsp3) is 0.520. The average Bonchev–Trinajstić information content (AvgIpc) is 2.65. The molecule has 1 aromatic rings. The van der Waals surface area contributed by atoms with E-state index in [4.69, 9.17) is 0 Å². The molecule has 0 aromatic heterocycles. The smallest absolute Gasteiger partial charge is 0.0249 e. The van der Waals surface area contributed by atoms with E-state index < -0.39 is 0 Å². The molecule has 0 radical (unpaired) electrons. The van der Waals surface area contributed by atoms with Crippen molar-refractivity contribution in [2.24, 2.45) is 11.8 Å². The molecule has 1 saturated carbocycles. The second kappa shape index (κ2) is 11.6. The molecule has 2 rings (SSSR count). The van der Waals surface area contributed by atoms with Gasteiger partial charge >= 0.3 is 0 Å². The lowest BCUT2D eigenvalue weighted by Crippen LogP contribution is -2.12. The van der Waals surface area contributed by atoms with Gasteiger partial charge in [-0.2, -0.15) is 0 Å². The average molecular weight is 333 g/mol. The van der Waals surface area contributed by atoms with Gasteiger partial charge in [-0.05, 0) is 74.3 Å². The minimum Gasteiger partial charge on any atom is -0.0951 e. The number of hydrogen-bond donors (Lipinski definition) is 0. The first-order valence-corrected chi connectivity index (χ1v) is 10.1. The van der Waals surface area contributed by atoms with E-state index in [0.29, 0.717) is 5.92 Å². The highest BCUT2D eigenvalue weighted by Crippen LogP contribution is 2.30. The molecule has 0 bridgehead atoms. The second-order valence-electron chi connectivity index (χ2n) is 7.20. The number of rotatable bonds is 5. The van der Waals surface area contributed by atoms with Gasteiger partial charge in [-0.15, -0.1) is 0 Å². The molecule has 132 valence electrons. The van der Waals surface area contributed by atoms with Gasteiger partial charge in [0, 0.05) is 11.5 Å². The first-order valence-electron chi connectivity index (χ1n) is 10.1. The summed E-state index contributed by atoms with van der Waals surface area (Å²) in [6.45, 7) is 4.52. The second-order valence-corrected chi connectivity index (χ2v) is 7.20. The van der Waals surface area contributed by atoms with Crippen LogP contribution in [0, 0.1) is 35.5 Å². The monoisotopic (exact) mass is 332 g/mol. The molecule has 0 unspecified atom stereocenters. The van der Waals surface area contributed by atoms with E-state index in [1.807, 2.05) is 12.2 Å². The summed E-state index contributed by atoms with van der Waals surface area (Å²) < 4.78 is 0. The molecule has 1 fully saturated rings. The molecule has 0 heterocycles. The summed E-state index contributed by atoms with van der Waals surface area (Å²) in [5, 5.41) is 0. The van der Waals surface area contributed by atoms with E-state index in [1.165, 1.54) is 63.4 Å². The van der Waals surface area contributed by atoms with Gasteiger partial charge in [-0.1, -0.05) is 68.9 Å². The van der Waals surface area contributed by atoms with E-state index in [-0.39, 0.29) is 0 Å². The molecule has 25 heavy (non-hydrogen) atoms. The zero-order valence-electron chi connectivity index (χ0n) is 16.0. The summed E-state index contributed by atoms with van der Waals surface area (Å²) in [6, 6.07) is 8.62. The Balaban J connectivity index is 1.74. The van der Waals surface area contributed by atoms with Crippen molar-refractivity contribution in [1.29, 1.82) is 0 Å². The van der Waals surface area contributed by atoms with Crippen molar-refractivity contribution in [1.82, 2.24) is 0 Å². The summed E-state index contributed by atoms with van der Waals surface area (Å²) >= 11 is 0. The molecule has 0 aliphatic heterocycles. The number of allylic oxidation sites excluding steroid dienone is 2. The molecule has 1 aliphatic rings. The third-order valence-corrected chi connectivity index (χ3v) is 5.07. The van der Waals surface area contributed by atoms with Crippen LogP contribution >= 0.6 is 0 Å². The summed E-state index contributed by atoms with van der Waals surface area (Å²) in [5.74, 6) is 14.4. The third-order valence-electron chi connectivity index (χ3n) is 5.07. The van der Waals surface area contributed by atoms with Crippen molar-refractivity contribution in [3.05, 3.63) is 47.5 Å². The quantitative estimate of drug-likeness (QED) is 0.536. The van der Waals surface area contributed by atoms with Crippen LogP contribution < -0.4 is 0 Å². The van der Waals surface area contributed by atoms with E-state index in [0.717, 1.165) is 11.5 Å². The summed E-state index contributed by atoms with van der Waals surface area (Å²) in [4.78, 5) is 0. The first kappa shape index (κ1) is 19.4. The first-order chi connectivity index (χ1) is 12.3. The maximum Gasteiger partial charge on any atom is 0.0249 e. The molecule has 0 atom stereocenters. The zero-order chi connectivity index (χ0) is 17.7. The fourth-order valence-electron chi connectivity index (χ4n) is 3.51. The van der Waals surface area contributed by atoms with Crippen LogP contribution in [0.15, 0.2) is 36.4 Å². The maximum absolute atomic E-state index is 3.41. The molecule has 1 aromatic carbocycles. The van der Waals surface area contributed by atoms with Gasteiger partial charge in [0.1, 0.15) is 0 Å². The van der Waals surface area contributed by atoms with Crippen LogP contribution in [-0.2, 0) is 6.42 Å². The van der Waals surface area contributed by atoms with Gasteiger partial charge in [0.2, 0.25) is 0 Å². The molecule has 0 heteroatoms. The Morgan fingerprint density at radius 2 is 1.64 bits per heavy atom. The zero-order valence-corrected chi connectivity index (χ0v) is 16.0. The van der Waals surface area contributed by atoms with Crippen LogP contribution in [0.25, 0.3) is 0 Å². The molecular weight excluding hydrogens is 300 g/mol. The Kier molecular flexibility index (Phi) is 9.01. The van der Waals surface area contributed by atoms with Crippen molar-refractivity contribution in [3.63, 3.8) is 0 Å². The number of hydrogen-bond acceptors (Lipinski definition) is 0. The van der Waals surface area contributed by atoms with E-state index in [1.54, 1.807) is 0 Å². The fourth-order valence-corrected chi connectivity index (χ4v) is 3.51. The molecule has 0 spiro atoms. The van der Waals surface area contributed by atoms with Crippen LogP contribution in [-0.4, -0.2) is 0 Å². The van der Waals surface area contributed by atoms with Crippen molar-refractivity contribution in [2.45, 2.75) is 71.6 Å². The van der Waals surface area contributed by atoms with Crippen LogP contribution in [0.4, 0.5) is 0 Å². The van der Waals surface area contributed by atoms with Crippen molar-refractivity contribution in [3.8, 4) is 23.7 Å². The predicted octanol–water partition coefficient (Wildman–Crippen LogP) is 6.55. The SMILES string of the molecule is CCCCc1ccc(C#C/C=C/C#C[C@H]2CC[C@H](CCC)CC2)cc1. The van der Waals surface area contributed by atoms with Gasteiger partial charge < -0.3 is 0 Å². The minimum absolute atomic E-state index is 0.599. The largest absolute Gasteiger partial charge is 0.0951 e. The lowest BCUT2D eigenvalue weighted by atomic mass is 9.80. The molecule has 0 amide bonds. The highest BCUT2D eigenvalue weighted by atomic mass is 14.2. The van der Waals surface area contributed by atoms with E-state index in [2.05, 4.69) is 61.8 Å². The van der Waals surface area contributed by atoms with Crippen molar-refractivity contribution in [2.75, 3.05) is 0 Å². The number of unbranched alkanes of at least 4 members (excludes halogenated alkanes) is 1. The molecular formula is C25H32. The van der Waals surface area contributed by atoms with Crippen molar-refractivity contribution >= 4 is 0 Å². The number of aryl methyl sites for hydroxylation is 1. The summed E-state index contributed by atoms with van der Waals surface area (Å²) in [6.07, 6.45) is 15.5. The summed E-state index contributed by atoms with van der Waals surface area (Å²) in [5.41, 5.74) is 2.48. The lowest BCUT2D eigenvalue weighted by Gasteiger charge is -2.25. The van der Waals surface area contributed by atoms with E-state index >= 15 is 0 Å². The number of benzene rings is 1. The predicted molar refractivity (Wildman–Crippen MR) is 109 cm³/mol. The van der Waals surface area contributed by atoms with Gasteiger partial charge in [0.25, 0.3) is 0 Å². The van der Waals surface area contributed by atoms with Gasteiger partial charge in [-0.3, -0.25) is 0 Å².